The van der Waals surface area contributed by atoms with Gasteiger partial charge in [0.2, 0.25) is 0 Å². The summed E-state index contributed by atoms with van der Waals surface area (Å²) in [5.74, 6) is -1.30. The first-order valence-corrected chi connectivity index (χ1v) is 9.54. The highest BCUT2D eigenvalue weighted by atomic mass is 19.4. The molecule has 2 aromatic heterocycles. The number of hydrogen-bond acceptors (Lipinski definition) is 7. The minimum Gasteiger partial charge on any atom is -0.475 e. The van der Waals surface area contributed by atoms with E-state index in [4.69, 9.17) is 14.6 Å². The maximum atomic E-state index is 10.6. The zero-order valence-corrected chi connectivity index (χ0v) is 17.1. The first kappa shape index (κ1) is 23.0. The molecular formula is C20H21F3N6O3. The minimum atomic E-state index is -5.08. The lowest BCUT2D eigenvalue weighted by molar-refractivity contribution is -0.192. The Balaban J connectivity index is 0.000000360. The number of benzene rings is 1. The molecule has 0 spiro atoms. The molecular weight excluding hydrogens is 429 g/mol. The Labute approximate surface area is 181 Å². The Bertz CT molecular complexity index is 1030. The van der Waals surface area contributed by atoms with Gasteiger partial charge < -0.3 is 20.1 Å². The monoisotopic (exact) mass is 450 g/mol. The zero-order chi connectivity index (χ0) is 23.1. The lowest BCUT2D eigenvalue weighted by atomic mass is 10.2. The maximum Gasteiger partial charge on any atom is 0.490 e. The molecule has 1 aliphatic rings. The van der Waals surface area contributed by atoms with E-state index in [2.05, 4.69) is 49.5 Å². The van der Waals surface area contributed by atoms with Crippen molar-refractivity contribution in [3.63, 3.8) is 0 Å². The Kier molecular flexibility index (Phi) is 7.25. The van der Waals surface area contributed by atoms with Crippen molar-refractivity contribution in [2.45, 2.75) is 6.18 Å². The highest BCUT2D eigenvalue weighted by Crippen LogP contribution is 2.23. The highest BCUT2D eigenvalue weighted by Gasteiger charge is 2.38. The first-order chi connectivity index (χ1) is 15.2. The van der Waals surface area contributed by atoms with Crippen LogP contribution in [0.15, 0.2) is 48.9 Å². The molecule has 1 aromatic carbocycles. The minimum absolute atomic E-state index is 0.690. The maximum absolute atomic E-state index is 10.6. The van der Waals surface area contributed by atoms with Crippen LogP contribution >= 0.6 is 0 Å². The number of alkyl halides is 3. The summed E-state index contributed by atoms with van der Waals surface area (Å²) in [4.78, 5) is 19.9. The molecule has 9 nitrogen and oxygen atoms in total. The third kappa shape index (κ3) is 6.41. The fourth-order valence-corrected chi connectivity index (χ4v) is 2.83. The van der Waals surface area contributed by atoms with Gasteiger partial charge in [0.25, 0.3) is 0 Å². The van der Waals surface area contributed by atoms with Gasteiger partial charge in [-0.15, -0.1) is 0 Å². The van der Waals surface area contributed by atoms with Crippen LogP contribution in [0, 0.1) is 0 Å². The largest absolute Gasteiger partial charge is 0.490 e. The fraction of sp³-hybridized carbons (Fsp3) is 0.300. The molecule has 4 rings (SSSR count). The number of carboxylic acid groups (broad SMARTS) is 1. The third-order valence-corrected chi connectivity index (χ3v) is 4.38. The quantitative estimate of drug-likeness (QED) is 0.625. The average Bonchev–Trinajstić information content (AvgIpc) is 3.21. The Morgan fingerprint density at radius 3 is 2.34 bits per heavy atom. The number of nitrogens with zero attached hydrogens (tertiary/aromatic N) is 5. The van der Waals surface area contributed by atoms with Gasteiger partial charge in [-0.1, -0.05) is 0 Å². The molecule has 170 valence electrons. The normalized spacial score (nSPS) is 13.8. The van der Waals surface area contributed by atoms with Gasteiger partial charge in [-0.05, 0) is 36.4 Å². The number of anilines is 3. The highest BCUT2D eigenvalue weighted by molar-refractivity contribution is 5.73. The molecule has 2 N–H and O–H groups in total. The van der Waals surface area contributed by atoms with Crippen molar-refractivity contribution in [1.82, 2.24) is 19.7 Å². The van der Waals surface area contributed by atoms with Crippen molar-refractivity contribution in [2.75, 3.05) is 36.5 Å². The van der Waals surface area contributed by atoms with E-state index in [-0.39, 0.29) is 0 Å². The number of nitrogens with one attached hydrogen (secondary N) is 1. The molecule has 12 heteroatoms. The van der Waals surface area contributed by atoms with Crippen molar-refractivity contribution < 1.29 is 27.8 Å². The van der Waals surface area contributed by atoms with Crippen LogP contribution in [0.25, 0.3) is 11.4 Å². The Hall–Kier alpha value is -3.67. The summed E-state index contributed by atoms with van der Waals surface area (Å²) in [6.07, 6.45) is -1.64. The van der Waals surface area contributed by atoms with Crippen LogP contribution in [0.3, 0.4) is 0 Å². The lowest BCUT2D eigenvalue weighted by Gasteiger charge is -2.28. The molecule has 32 heavy (non-hydrogen) atoms. The predicted octanol–water partition coefficient (Wildman–Crippen LogP) is 3.09. The smallest absolute Gasteiger partial charge is 0.475 e. The summed E-state index contributed by atoms with van der Waals surface area (Å²) in [6, 6.07) is 12.2. The summed E-state index contributed by atoms with van der Waals surface area (Å²) >= 11 is 0. The molecule has 0 bridgehead atoms. The predicted molar refractivity (Wildman–Crippen MR) is 111 cm³/mol. The number of hydrogen-bond donors (Lipinski definition) is 2. The number of carboxylic acids is 1. The van der Waals surface area contributed by atoms with Crippen LogP contribution < -0.4 is 10.2 Å². The number of aliphatic carboxylic acids is 1. The van der Waals surface area contributed by atoms with Crippen LogP contribution in [0.2, 0.25) is 0 Å². The molecule has 0 aliphatic carbocycles. The second-order valence-electron chi connectivity index (χ2n) is 6.75. The van der Waals surface area contributed by atoms with Crippen molar-refractivity contribution >= 4 is 23.2 Å². The average molecular weight is 450 g/mol. The van der Waals surface area contributed by atoms with Crippen LogP contribution in [0.4, 0.5) is 30.4 Å². The Morgan fingerprint density at radius 1 is 1.12 bits per heavy atom. The van der Waals surface area contributed by atoms with Crippen molar-refractivity contribution in [3.8, 4) is 11.4 Å². The van der Waals surface area contributed by atoms with Crippen molar-refractivity contribution in [3.05, 3.63) is 48.9 Å². The van der Waals surface area contributed by atoms with Crippen LogP contribution in [-0.2, 0) is 16.6 Å². The molecule has 1 aliphatic heterocycles. The number of aryl methyl sites for hydroxylation is 1. The van der Waals surface area contributed by atoms with Gasteiger partial charge in [-0.25, -0.2) is 14.8 Å². The van der Waals surface area contributed by atoms with Gasteiger partial charge in [0.15, 0.2) is 5.82 Å². The van der Waals surface area contributed by atoms with Gasteiger partial charge in [0.1, 0.15) is 12.1 Å². The van der Waals surface area contributed by atoms with Crippen molar-refractivity contribution in [2.24, 2.45) is 7.05 Å². The van der Waals surface area contributed by atoms with E-state index in [1.807, 2.05) is 19.2 Å². The van der Waals surface area contributed by atoms with E-state index in [9.17, 15) is 13.2 Å². The fourth-order valence-electron chi connectivity index (χ4n) is 2.83. The number of halogens is 3. The van der Waals surface area contributed by atoms with E-state index in [0.29, 0.717) is 5.82 Å². The van der Waals surface area contributed by atoms with Gasteiger partial charge in [0.05, 0.1) is 13.2 Å². The van der Waals surface area contributed by atoms with Crippen molar-refractivity contribution in [1.29, 1.82) is 0 Å². The number of ether oxygens (including phenoxy) is 1. The van der Waals surface area contributed by atoms with Gasteiger partial charge in [-0.3, -0.25) is 4.68 Å². The topological polar surface area (TPSA) is 105 Å². The van der Waals surface area contributed by atoms with E-state index in [1.165, 1.54) is 5.69 Å². The summed E-state index contributed by atoms with van der Waals surface area (Å²) in [5, 5.41) is 14.8. The second kappa shape index (κ2) is 10.1. The lowest BCUT2D eigenvalue weighted by Crippen LogP contribution is -2.36. The van der Waals surface area contributed by atoms with Crippen LogP contribution in [0.5, 0.6) is 0 Å². The van der Waals surface area contributed by atoms with E-state index in [1.54, 1.807) is 17.2 Å². The van der Waals surface area contributed by atoms with E-state index in [0.717, 1.165) is 43.4 Å². The molecule has 1 saturated heterocycles. The van der Waals surface area contributed by atoms with Gasteiger partial charge in [0, 0.05) is 43.3 Å². The Morgan fingerprint density at radius 2 is 1.78 bits per heavy atom. The molecule has 0 unspecified atom stereocenters. The summed E-state index contributed by atoms with van der Waals surface area (Å²) < 4.78 is 38.8. The number of carbonyl (C=O) groups is 1. The second-order valence-corrected chi connectivity index (χ2v) is 6.75. The van der Waals surface area contributed by atoms with Gasteiger partial charge >= 0.3 is 12.1 Å². The van der Waals surface area contributed by atoms with Crippen LogP contribution in [-0.4, -0.2) is 63.3 Å². The number of morpholine rings is 1. The zero-order valence-electron chi connectivity index (χ0n) is 17.1. The molecule has 0 atom stereocenters. The first-order valence-electron chi connectivity index (χ1n) is 9.54. The number of pyridine rings is 1. The SMILES string of the molecule is Cn1cnc(-c2ccnc(Nc3ccc(N4CCOCC4)cc3)c2)n1.O=C(O)C(F)(F)F. The molecule has 0 radical (unpaired) electrons. The standard InChI is InChI=1S/C18H20N6O.C2HF3O2/c1-23-13-20-18(22-23)14-6-7-19-17(12-14)21-15-2-4-16(5-3-15)24-8-10-25-11-9-24;3-2(4,5)1(6)7/h2-7,12-13H,8-11H2,1H3,(H,19,21);(H,6,7). The molecule has 1 fully saturated rings. The van der Waals surface area contributed by atoms with E-state index < -0.39 is 12.1 Å². The summed E-state index contributed by atoms with van der Waals surface area (Å²) in [7, 11) is 1.85. The molecule has 3 aromatic rings. The van der Waals surface area contributed by atoms with Crippen LogP contribution in [0.1, 0.15) is 0 Å². The molecule has 3 heterocycles. The number of rotatable bonds is 4. The van der Waals surface area contributed by atoms with Gasteiger partial charge in [-0.2, -0.15) is 18.3 Å². The summed E-state index contributed by atoms with van der Waals surface area (Å²) in [6.45, 7) is 3.46. The molecule has 0 saturated carbocycles. The van der Waals surface area contributed by atoms with E-state index >= 15 is 0 Å². The summed E-state index contributed by atoms with van der Waals surface area (Å²) in [5.41, 5.74) is 3.15. The molecule has 0 amide bonds. The third-order valence-electron chi connectivity index (χ3n) is 4.38. The number of aromatic nitrogens is 4.